The Hall–Kier alpha value is -3.47. The van der Waals surface area contributed by atoms with E-state index in [9.17, 15) is 0 Å². The Morgan fingerprint density at radius 3 is 2.32 bits per heavy atom. The number of carbonyl (C=O) groups is 2. The molecule has 0 bridgehead atoms. The average Bonchev–Trinajstić information content (AvgIpc) is 3.62. The van der Waals surface area contributed by atoms with Crippen LogP contribution in [0, 0.1) is 19.3 Å². The minimum absolute atomic E-state index is 0.0687. The van der Waals surface area contributed by atoms with Crippen LogP contribution in [0.5, 0.6) is 0 Å². The zero-order valence-electron chi connectivity index (χ0n) is 23.5. The Morgan fingerprint density at radius 2 is 1.56 bits per heavy atom. The van der Waals surface area contributed by atoms with Gasteiger partial charge in [0.1, 0.15) is 5.54 Å². The number of thioether (sulfide) groups is 1. The highest BCUT2D eigenvalue weighted by Gasteiger charge is 2.77. The zero-order valence-corrected chi connectivity index (χ0v) is 24.3. The number of hydrogen-bond acceptors (Lipinski definition) is 4. The van der Waals surface area contributed by atoms with Crippen LogP contribution in [-0.2, 0) is 10.3 Å². The van der Waals surface area contributed by atoms with E-state index in [2.05, 4.69) is 97.6 Å². The first kappa shape index (κ1) is 25.3. The van der Waals surface area contributed by atoms with Crippen LogP contribution >= 0.6 is 11.8 Å². The molecule has 3 nitrogen and oxygen atoms in total. The summed E-state index contributed by atoms with van der Waals surface area (Å²) in [6.07, 6.45) is 4.45. The lowest BCUT2D eigenvalue weighted by molar-refractivity contribution is -0.132. The molecule has 1 saturated carbocycles. The molecule has 8 rings (SSSR count). The molecule has 0 radical (unpaired) electrons. The minimum atomic E-state index is -1.01. The second-order valence-corrected chi connectivity index (χ2v) is 13.4. The van der Waals surface area contributed by atoms with Crippen molar-refractivity contribution in [3.8, 4) is 0 Å². The van der Waals surface area contributed by atoms with E-state index in [0.29, 0.717) is 6.42 Å². The fourth-order valence-corrected chi connectivity index (χ4v) is 10.1. The summed E-state index contributed by atoms with van der Waals surface area (Å²) in [7, 11) is 0. The molecule has 4 aromatic carbocycles. The van der Waals surface area contributed by atoms with Gasteiger partial charge in [0.05, 0.1) is 5.41 Å². The highest BCUT2D eigenvalue weighted by molar-refractivity contribution is 7.99. The molecule has 41 heavy (non-hydrogen) atoms. The summed E-state index contributed by atoms with van der Waals surface area (Å²) < 4.78 is 0. The van der Waals surface area contributed by atoms with Crippen molar-refractivity contribution in [3.63, 3.8) is 0 Å². The lowest BCUT2D eigenvalue weighted by Crippen LogP contribution is -2.60. The normalized spacial score (nSPS) is 29.9. The summed E-state index contributed by atoms with van der Waals surface area (Å²) in [5.74, 6) is 1.91. The Bertz CT molecular complexity index is 1770. The maximum Gasteiger partial charge on any atom is 0.189 e. The van der Waals surface area contributed by atoms with Crippen LogP contribution in [-0.4, -0.2) is 34.1 Å². The van der Waals surface area contributed by atoms with Gasteiger partial charge in [-0.2, -0.15) is 0 Å². The highest BCUT2D eigenvalue weighted by Crippen LogP contribution is 2.71. The molecule has 4 aromatic rings. The maximum atomic E-state index is 15.4. The maximum absolute atomic E-state index is 15.4. The molecule has 0 amide bonds. The molecule has 0 unspecified atom stereocenters. The lowest BCUT2D eigenvalue weighted by Gasteiger charge is -2.50. The van der Waals surface area contributed by atoms with Crippen LogP contribution in [0.3, 0.4) is 0 Å². The summed E-state index contributed by atoms with van der Waals surface area (Å²) in [4.78, 5) is 33.1. The topological polar surface area (TPSA) is 37.4 Å². The Morgan fingerprint density at radius 1 is 0.854 bits per heavy atom. The zero-order chi connectivity index (χ0) is 27.9. The number of allylic oxidation sites excluding steroid dienone is 1. The van der Waals surface area contributed by atoms with Gasteiger partial charge in [-0.3, -0.25) is 14.5 Å². The van der Waals surface area contributed by atoms with Gasteiger partial charge >= 0.3 is 0 Å². The van der Waals surface area contributed by atoms with Crippen LogP contribution in [0.15, 0.2) is 90.5 Å². The van der Waals surface area contributed by atoms with E-state index >= 15 is 9.59 Å². The Balaban J connectivity index is 1.44. The number of Topliss-reactive ketones (excluding diaryl/α,β-unsaturated/α-hetero) is 2. The lowest BCUT2D eigenvalue weighted by atomic mass is 9.52. The van der Waals surface area contributed by atoms with Gasteiger partial charge in [-0.25, -0.2) is 0 Å². The molecule has 4 aliphatic rings. The van der Waals surface area contributed by atoms with Gasteiger partial charge in [0.15, 0.2) is 11.6 Å². The second-order valence-electron chi connectivity index (χ2n) is 12.4. The molecule has 2 saturated heterocycles. The van der Waals surface area contributed by atoms with E-state index in [4.69, 9.17) is 0 Å². The molecule has 3 fully saturated rings. The Kier molecular flexibility index (Phi) is 5.55. The van der Waals surface area contributed by atoms with Gasteiger partial charge in [-0.05, 0) is 72.2 Å². The highest BCUT2D eigenvalue weighted by atomic mass is 32.2. The average molecular weight is 556 g/mol. The summed E-state index contributed by atoms with van der Waals surface area (Å²) in [6.45, 7) is 4.20. The van der Waals surface area contributed by atoms with Crippen molar-refractivity contribution < 1.29 is 9.59 Å². The van der Waals surface area contributed by atoms with Crippen LogP contribution < -0.4 is 0 Å². The number of fused-ring (bicyclic) bond motifs is 4. The fraction of sp³-hybridized carbons (Fsp3) is 0.297. The van der Waals surface area contributed by atoms with E-state index in [0.717, 1.165) is 57.5 Å². The van der Waals surface area contributed by atoms with Crippen molar-refractivity contribution >= 4 is 40.2 Å². The molecule has 2 aliphatic carbocycles. The number of aryl methyl sites for hydroxylation is 2. The molecule has 2 spiro atoms. The van der Waals surface area contributed by atoms with Crippen molar-refractivity contribution in [1.82, 2.24) is 4.90 Å². The molecule has 204 valence electrons. The number of carbonyl (C=O) groups excluding carboxylic acids is 2. The third-order valence-electron chi connectivity index (χ3n) is 10.3. The Labute approximate surface area is 245 Å². The first-order chi connectivity index (χ1) is 20.0. The number of rotatable bonds is 2. The number of benzene rings is 4. The standard InChI is InChI=1S/C37H33NO2S/c1-23-11-15-25(16-12-23)20-28-8-5-19-36(34(28)39)33(27-17-13-24(2)14-18-27)31-21-41-22-38(31)37(36)30-10-4-7-26-6-3-9-29(32(26)30)35(37)40/h3-4,6-7,9-18,20,31,33H,5,8,19,21-22H2,1-2H3/b28-20+/t31-,33-,36-,37-/m0/s1. The molecular formula is C37H33NO2S. The van der Waals surface area contributed by atoms with E-state index in [1.165, 1.54) is 16.7 Å². The number of hydrogen-bond donors (Lipinski definition) is 0. The van der Waals surface area contributed by atoms with Crippen molar-refractivity contribution in [3.05, 3.63) is 124 Å². The van der Waals surface area contributed by atoms with Crippen LogP contribution in [0.2, 0.25) is 0 Å². The van der Waals surface area contributed by atoms with Gasteiger partial charge in [0, 0.05) is 29.2 Å². The molecule has 4 atom stereocenters. The minimum Gasteiger partial charge on any atom is -0.294 e. The first-order valence-electron chi connectivity index (χ1n) is 14.8. The van der Waals surface area contributed by atoms with Gasteiger partial charge in [-0.15, -0.1) is 11.8 Å². The van der Waals surface area contributed by atoms with Crippen LogP contribution in [0.4, 0.5) is 0 Å². The molecule has 0 aromatic heterocycles. The van der Waals surface area contributed by atoms with E-state index in [-0.39, 0.29) is 23.5 Å². The van der Waals surface area contributed by atoms with E-state index in [1.54, 1.807) is 0 Å². The number of nitrogens with zero attached hydrogens (tertiary/aromatic N) is 1. The van der Waals surface area contributed by atoms with Crippen molar-refractivity contribution in [2.45, 2.75) is 50.6 Å². The summed E-state index contributed by atoms with van der Waals surface area (Å²) in [5.41, 5.74) is 5.44. The van der Waals surface area contributed by atoms with Gasteiger partial charge in [0.25, 0.3) is 0 Å². The van der Waals surface area contributed by atoms with Gasteiger partial charge < -0.3 is 0 Å². The number of ketones is 2. The predicted octanol–water partition coefficient (Wildman–Crippen LogP) is 7.84. The van der Waals surface area contributed by atoms with Gasteiger partial charge in [-0.1, -0.05) is 96.1 Å². The largest absolute Gasteiger partial charge is 0.294 e. The third-order valence-corrected chi connectivity index (χ3v) is 11.4. The summed E-state index contributed by atoms with van der Waals surface area (Å²) >= 11 is 1.90. The monoisotopic (exact) mass is 555 g/mol. The van der Waals surface area contributed by atoms with Crippen molar-refractivity contribution in [1.29, 1.82) is 0 Å². The third kappa shape index (κ3) is 3.21. The van der Waals surface area contributed by atoms with Gasteiger partial charge in [0.2, 0.25) is 0 Å². The van der Waals surface area contributed by atoms with Crippen molar-refractivity contribution in [2.24, 2.45) is 5.41 Å². The molecule has 0 N–H and O–H groups in total. The predicted molar refractivity (Wildman–Crippen MR) is 167 cm³/mol. The smallest absolute Gasteiger partial charge is 0.189 e. The quantitative estimate of drug-likeness (QED) is 0.236. The van der Waals surface area contributed by atoms with Crippen LogP contribution in [0.1, 0.15) is 63.4 Å². The van der Waals surface area contributed by atoms with E-state index in [1.807, 2.05) is 23.9 Å². The first-order valence-corrected chi connectivity index (χ1v) is 15.9. The van der Waals surface area contributed by atoms with E-state index < -0.39 is 11.0 Å². The van der Waals surface area contributed by atoms with Crippen molar-refractivity contribution in [2.75, 3.05) is 11.6 Å². The summed E-state index contributed by atoms with van der Waals surface area (Å²) in [6, 6.07) is 29.7. The fourth-order valence-electron chi connectivity index (χ4n) is 8.76. The van der Waals surface area contributed by atoms with Crippen LogP contribution in [0.25, 0.3) is 16.8 Å². The molecule has 2 aliphatic heterocycles. The molecular weight excluding hydrogens is 522 g/mol. The summed E-state index contributed by atoms with van der Waals surface area (Å²) in [5, 5.41) is 2.13. The SMILES string of the molecule is Cc1ccc(/C=C2\CCC[C@@]3(C2=O)[C@@H](c2ccc(C)cc2)[C@@H]2CSCN2[C@@]32C(=O)c3cccc4cccc2c34)cc1. The molecule has 2 heterocycles. The second kappa shape index (κ2) is 9.01. The molecule has 4 heteroatoms.